The first-order chi connectivity index (χ1) is 8.13. The van der Waals surface area contributed by atoms with Gasteiger partial charge in [0.15, 0.2) is 0 Å². The topological polar surface area (TPSA) is 52.1 Å². The van der Waals surface area contributed by atoms with Crippen LogP contribution < -0.4 is 0 Å². The van der Waals surface area contributed by atoms with Crippen LogP contribution >= 0.6 is 11.3 Å². The molecular weight excluding hydrogens is 236 g/mol. The van der Waals surface area contributed by atoms with Crippen molar-refractivity contribution in [2.24, 2.45) is 0 Å². The number of pyridine rings is 1. The average Bonchev–Trinajstić information content (AvgIpc) is 2.71. The van der Waals surface area contributed by atoms with Crippen LogP contribution in [0.25, 0.3) is 10.6 Å². The zero-order valence-electron chi connectivity index (χ0n) is 9.85. The molecule has 2 aromatic rings. The van der Waals surface area contributed by atoms with Gasteiger partial charge >= 0.3 is 5.97 Å². The van der Waals surface area contributed by atoms with Crippen LogP contribution in [-0.4, -0.2) is 23.0 Å². The smallest absolute Gasteiger partial charge is 0.349 e. The van der Waals surface area contributed by atoms with E-state index in [2.05, 4.69) is 9.97 Å². The highest BCUT2D eigenvalue weighted by Crippen LogP contribution is 2.29. The summed E-state index contributed by atoms with van der Waals surface area (Å²) in [7, 11) is 1.37. The number of methoxy groups -OCH3 is 1. The van der Waals surface area contributed by atoms with Crippen molar-refractivity contribution in [3.8, 4) is 10.6 Å². The first kappa shape index (κ1) is 11.7. The molecule has 0 aromatic carbocycles. The van der Waals surface area contributed by atoms with Crippen LogP contribution in [0.5, 0.6) is 0 Å². The standard InChI is InChI=1S/C12H12N2O2S/c1-7-6-13-5-4-9(7)11-14-8(2)10(17-11)12(15)16-3/h4-6H,1-3H3. The van der Waals surface area contributed by atoms with Gasteiger partial charge in [0.05, 0.1) is 12.8 Å². The van der Waals surface area contributed by atoms with Gasteiger partial charge in [-0.1, -0.05) is 0 Å². The molecule has 0 saturated carbocycles. The molecule has 0 fully saturated rings. The molecule has 2 heterocycles. The van der Waals surface area contributed by atoms with Crippen molar-refractivity contribution in [3.63, 3.8) is 0 Å². The van der Waals surface area contributed by atoms with E-state index < -0.39 is 0 Å². The van der Waals surface area contributed by atoms with E-state index in [1.54, 1.807) is 12.4 Å². The summed E-state index contributed by atoms with van der Waals surface area (Å²) in [4.78, 5) is 20.5. The van der Waals surface area contributed by atoms with E-state index in [-0.39, 0.29) is 5.97 Å². The second-order valence-electron chi connectivity index (χ2n) is 3.62. The Bertz CT molecular complexity index is 563. The summed E-state index contributed by atoms with van der Waals surface area (Å²) in [6, 6.07) is 1.90. The van der Waals surface area contributed by atoms with Crippen molar-refractivity contribution in [1.29, 1.82) is 0 Å². The second kappa shape index (κ2) is 4.63. The number of carbonyl (C=O) groups excluding carboxylic acids is 1. The van der Waals surface area contributed by atoms with Crippen molar-refractivity contribution in [1.82, 2.24) is 9.97 Å². The maximum absolute atomic E-state index is 11.5. The van der Waals surface area contributed by atoms with Crippen LogP contribution in [0.2, 0.25) is 0 Å². The summed E-state index contributed by atoms with van der Waals surface area (Å²) < 4.78 is 4.72. The minimum Gasteiger partial charge on any atom is -0.465 e. The van der Waals surface area contributed by atoms with Crippen molar-refractivity contribution in [2.45, 2.75) is 13.8 Å². The van der Waals surface area contributed by atoms with Gasteiger partial charge in [0.1, 0.15) is 9.88 Å². The van der Waals surface area contributed by atoms with Gasteiger partial charge in [0.2, 0.25) is 0 Å². The van der Waals surface area contributed by atoms with E-state index in [1.165, 1.54) is 18.4 Å². The number of aryl methyl sites for hydroxylation is 2. The molecule has 0 unspecified atom stereocenters. The lowest BCUT2D eigenvalue weighted by molar-refractivity contribution is 0.0605. The van der Waals surface area contributed by atoms with Crippen molar-refractivity contribution >= 4 is 17.3 Å². The van der Waals surface area contributed by atoms with Gasteiger partial charge in [-0.2, -0.15) is 0 Å². The lowest BCUT2D eigenvalue weighted by Gasteiger charge is -1.99. The van der Waals surface area contributed by atoms with Crippen molar-refractivity contribution in [3.05, 3.63) is 34.6 Å². The zero-order valence-corrected chi connectivity index (χ0v) is 10.7. The monoisotopic (exact) mass is 248 g/mol. The van der Waals surface area contributed by atoms with Crippen molar-refractivity contribution in [2.75, 3.05) is 7.11 Å². The third-order valence-electron chi connectivity index (χ3n) is 2.42. The Morgan fingerprint density at radius 2 is 2.18 bits per heavy atom. The molecular formula is C12H12N2O2S. The largest absolute Gasteiger partial charge is 0.465 e. The molecule has 4 nitrogen and oxygen atoms in total. The molecule has 0 amide bonds. The van der Waals surface area contributed by atoms with E-state index in [1.807, 2.05) is 19.9 Å². The number of aromatic nitrogens is 2. The summed E-state index contributed by atoms with van der Waals surface area (Å²) in [5.41, 5.74) is 2.74. The van der Waals surface area contributed by atoms with Crippen LogP contribution in [-0.2, 0) is 4.74 Å². The molecule has 17 heavy (non-hydrogen) atoms. The average molecular weight is 248 g/mol. The minimum absolute atomic E-state index is 0.335. The minimum atomic E-state index is -0.335. The number of ether oxygens (including phenoxy) is 1. The highest BCUT2D eigenvalue weighted by Gasteiger charge is 2.17. The molecule has 0 bridgehead atoms. The predicted octanol–water partition coefficient (Wildman–Crippen LogP) is 2.61. The molecule has 0 N–H and O–H groups in total. The number of esters is 1. The maximum atomic E-state index is 11.5. The number of hydrogen-bond donors (Lipinski definition) is 0. The van der Waals surface area contributed by atoms with Gasteiger partial charge in [-0.15, -0.1) is 11.3 Å². The van der Waals surface area contributed by atoms with E-state index in [9.17, 15) is 4.79 Å². The fourth-order valence-electron chi connectivity index (χ4n) is 1.51. The fourth-order valence-corrected chi connectivity index (χ4v) is 2.58. The Hall–Kier alpha value is -1.75. The number of nitrogens with zero attached hydrogens (tertiary/aromatic N) is 2. The van der Waals surface area contributed by atoms with Gasteiger partial charge in [0, 0.05) is 18.0 Å². The first-order valence-electron chi connectivity index (χ1n) is 5.10. The summed E-state index contributed by atoms with van der Waals surface area (Å²) in [6.07, 6.45) is 3.50. The fraction of sp³-hybridized carbons (Fsp3) is 0.250. The number of rotatable bonds is 2. The van der Waals surface area contributed by atoms with Crippen LogP contribution in [0, 0.1) is 13.8 Å². The summed E-state index contributed by atoms with van der Waals surface area (Å²) in [6.45, 7) is 3.78. The molecule has 0 radical (unpaired) electrons. The van der Waals surface area contributed by atoms with E-state index in [4.69, 9.17) is 4.74 Å². The van der Waals surface area contributed by atoms with Gasteiger partial charge in [-0.25, -0.2) is 9.78 Å². The molecule has 0 aliphatic heterocycles. The van der Waals surface area contributed by atoms with Crippen LogP contribution in [0.4, 0.5) is 0 Å². The molecule has 0 spiro atoms. The SMILES string of the molecule is COC(=O)c1sc(-c2ccncc2C)nc1C. The molecule has 0 atom stereocenters. The molecule has 0 aliphatic rings. The normalized spacial score (nSPS) is 10.3. The molecule has 88 valence electrons. The van der Waals surface area contributed by atoms with E-state index in [0.29, 0.717) is 10.6 Å². The predicted molar refractivity (Wildman–Crippen MR) is 66.2 cm³/mol. The Morgan fingerprint density at radius 3 is 2.82 bits per heavy atom. The Kier molecular flexibility index (Phi) is 3.19. The second-order valence-corrected chi connectivity index (χ2v) is 4.61. The van der Waals surface area contributed by atoms with Crippen LogP contribution in [0.15, 0.2) is 18.5 Å². The zero-order chi connectivity index (χ0) is 12.4. The Balaban J connectivity index is 2.49. The van der Waals surface area contributed by atoms with Crippen molar-refractivity contribution < 1.29 is 9.53 Å². The van der Waals surface area contributed by atoms with Crippen LogP contribution in [0.3, 0.4) is 0 Å². The number of thiazole rings is 1. The lowest BCUT2D eigenvalue weighted by atomic mass is 10.2. The molecule has 0 saturated heterocycles. The molecule has 2 rings (SSSR count). The quantitative estimate of drug-likeness (QED) is 0.766. The van der Waals surface area contributed by atoms with E-state index in [0.717, 1.165) is 16.1 Å². The third kappa shape index (κ3) is 2.19. The van der Waals surface area contributed by atoms with Crippen LogP contribution in [0.1, 0.15) is 20.9 Å². The number of carbonyl (C=O) groups is 1. The van der Waals surface area contributed by atoms with Gasteiger partial charge in [-0.3, -0.25) is 4.98 Å². The summed E-state index contributed by atoms with van der Waals surface area (Å²) in [5.74, 6) is -0.335. The van der Waals surface area contributed by atoms with Gasteiger partial charge in [-0.05, 0) is 25.5 Å². The number of hydrogen-bond acceptors (Lipinski definition) is 5. The summed E-state index contributed by atoms with van der Waals surface area (Å²) >= 11 is 1.35. The highest BCUT2D eigenvalue weighted by molar-refractivity contribution is 7.17. The van der Waals surface area contributed by atoms with Gasteiger partial charge in [0.25, 0.3) is 0 Å². The lowest BCUT2D eigenvalue weighted by Crippen LogP contribution is -1.99. The molecule has 5 heteroatoms. The molecule has 0 aliphatic carbocycles. The summed E-state index contributed by atoms with van der Waals surface area (Å²) in [5, 5.41) is 0.822. The first-order valence-corrected chi connectivity index (χ1v) is 5.92. The Labute approximate surface area is 103 Å². The highest BCUT2D eigenvalue weighted by atomic mass is 32.1. The maximum Gasteiger partial charge on any atom is 0.349 e. The third-order valence-corrected chi connectivity index (χ3v) is 3.59. The Morgan fingerprint density at radius 1 is 1.41 bits per heavy atom. The van der Waals surface area contributed by atoms with Gasteiger partial charge < -0.3 is 4.74 Å². The molecule has 2 aromatic heterocycles. The van der Waals surface area contributed by atoms with E-state index >= 15 is 0 Å².